The average molecular weight is 317 g/mol. The van der Waals surface area contributed by atoms with E-state index in [-0.39, 0.29) is 17.7 Å². The molecule has 3 aliphatic carbocycles. The molecule has 0 radical (unpaired) electrons. The Labute approximate surface area is 133 Å². The number of hydrogen-bond donors (Lipinski definition) is 2. The van der Waals surface area contributed by atoms with Crippen molar-refractivity contribution in [3.8, 4) is 6.07 Å². The fourth-order valence-electron chi connectivity index (χ4n) is 4.08. The topological polar surface area (TPSA) is 76.7 Å². The van der Waals surface area contributed by atoms with Crippen LogP contribution in [0.1, 0.15) is 43.7 Å². The Morgan fingerprint density at radius 2 is 1.96 bits per heavy atom. The zero-order valence-corrected chi connectivity index (χ0v) is 12.5. The summed E-state index contributed by atoms with van der Waals surface area (Å²) in [4.78, 5) is 12.5. The first kappa shape index (κ1) is 15.6. The molecular formula is C17H17F2N3O. The van der Waals surface area contributed by atoms with E-state index in [1.165, 1.54) is 12.1 Å². The Balaban J connectivity index is 1.70. The second-order valence-electron chi connectivity index (χ2n) is 6.81. The predicted octanol–water partition coefficient (Wildman–Crippen LogP) is 3.25. The molecule has 3 fully saturated rings. The summed E-state index contributed by atoms with van der Waals surface area (Å²) in [5.74, 6) is -1.56. The van der Waals surface area contributed by atoms with E-state index in [4.69, 9.17) is 10.7 Å². The molecule has 2 bridgehead atoms. The summed E-state index contributed by atoms with van der Waals surface area (Å²) in [5.41, 5.74) is -0.102. The third-order valence-electron chi connectivity index (χ3n) is 5.02. The largest absolute Gasteiger partial charge is 0.348 e. The van der Waals surface area contributed by atoms with Gasteiger partial charge in [0.1, 0.15) is 11.6 Å². The first-order valence-corrected chi connectivity index (χ1v) is 7.55. The lowest BCUT2D eigenvalue weighted by Crippen LogP contribution is -2.67. The second-order valence-corrected chi connectivity index (χ2v) is 6.81. The lowest BCUT2D eigenvalue weighted by Gasteiger charge is -2.69. The van der Waals surface area contributed by atoms with Gasteiger partial charge in [-0.15, -0.1) is 0 Å². The maximum absolute atomic E-state index is 13.4. The first-order chi connectivity index (χ1) is 10.9. The Morgan fingerprint density at radius 1 is 1.35 bits per heavy atom. The average Bonchev–Trinajstić information content (AvgIpc) is 2.39. The molecule has 1 atom stereocenters. The SMILES string of the molecule is N#CCC12CC(C(=O)NC(CC=N)c3cc(F)cc(F)c3)(C1)C2. The molecule has 3 aliphatic rings. The van der Waals surface area contributed by atoms with Gasteiger partial charge in [0.05, 0.1) is 17.5 Å². The summed E-state index contributed by atoms with van der Waals surface area (Å²) >= 11 is 0. The number of nitrogens with one attached hydrogen (secondary N) is 2. The fraction of sp³-hybridized carbons (Fsp3) is 0.471. The van der Waals surface area contributed by atoms with Gasteiger partial charge in [0, 0.05) is 18.9 Å². The van der Waals surface area contributed by atoms with Crippen molar-refractivity contribution in [1.29, 1.82) is 10.7 Å². The summed E-state index contributed by atoms with van der Waals surface area (Å²) in [6.07, 6.45) is 3.87. The quantitative estimate of drug-likeness (QED) is 0.790. The van der Waals surface area contributed by atoms with E-state index in [2.05, 4.69) is 11.4 Å². The minimum absolute atomic E-state index is 0.00803. The molecule has 3 saturated carbocycles. The van der Waals surface area contributed by atoms with Crippen LogP contribution < -0.4 is 5.32 Å². The van der Waals surface area contributed by atoms with Gasteiger partial charge in [-0.3, -0.25) is 4.79 Å². The summed E-state index contributed by atoms with van der Waals surface area (Å²) in [6.45, 7) is 0. The Bertz CT molecular complexity index is 670. The van der Waals surface area contributed by atoms with Crippen molar-refractivity contribution >= 4 is 12.1 Å². The molecule has 4 rings (SSSR count). The van der Waals surface area contributed by atoms with E-state index < -0.39 is 23.1 Å². The smallest absolute Gasteiger partial charge is 0.226 e. The van der Waals surface area contributed by atoms with E-state index in [1.807, 2.05) is 0 Å². The molecule has 1 aromatic carbocycles. The zero-order valence-electron chi connectivity index (χ0n) is 12.5. The fourth-order valence-corrected chi connectivity index (χ4v) is 4.08. The Kier molecular flexibility index (Phi) is 3.67. The van der Waals surface area contributed by atoms with Crippen LogP contribution in [0.2, 0.25) is 0 Å². The molecule has 0 saturated heterocycles. The van der Waals surface area contributed by atoms with Crippen LogP contribution in [-0.4, -0.2) is 12.1 Å². The number of hydrogen-bond acceptors (Lipinski definition) is 3. The van der Waals surface area contributed by atoms with Crippen LogP contribution in [0.3, 0.4) is 0 Å². The van der Waals surface area contributed by atoms with Gasteiger partial charge >= 0.3 is 0 Å². The number of amides is 1. The van der Waals surface area contributed by atoms with Gasteiger partial charge in [0.2, 0.25) is 5.91 Å². The van der Waals surface area contributed by atoms with Crippen molar-refractivity contribution in [3.63, 3.8) is 0 Å². The van der Waals surface area contributed by atoms with Crippen LogP contribution in [0.25, 0.3) is 0 Å². The number of nitrogens with zero attached hydrogens (tertiary/aromatic N) is 1. The summed E-state index contributed by atoms with van der Waals surface area (Å²) in [7, 11) is 0. The minimum Gasteiger partial charge on any atom is -0.348 e. The van der Waals surface area contributed by atoms with Crippen LogP contribution in [-0.2, 0) is 4.79 Å². The van der Waals surface area contributed by atoms with Crippen LogP contribution >= 0.6 is 0 Å². The van der Waals surface area contributed by atoms with E-state index >= 15 is 0 Å². The van der Waals surface area contributed by atoms with Gasteiger partial charge in [-0.25, -0.2) is 8.78 Å². The molecule has 1 unspecified atom stereocenters. The Hall–Kier alpha value is -2.29. The Morgan fingerprint density at radius 3 is 2.48 bits per heavy atom. The standard InChI is InChI=1S/C17H17F2N3O/c18-12-5-11(6-13(19)7-12)14(1-3-20)22-15(23)17-8-16(9-17,10-17)2-4-21/h3,5-7,14,20H,1-2,8-10H2,(H,22,23). The predicted molar refractivity (Wildman–Crippen MR) is 79.6 cm³/mol. The second kappa shape index (κ2) is 5.41. The highest BCUT2D eigenvalue weighted by Gasteiger charge is 2.71. The van der Waals surface area contributed by atoms with E-state index in [0.29, 0.717) is 31.2 Å². The van der Waals surface area contributed by atoms with Crippen molar-refractivity contribution in [1.82, 2.24) is 5.32 Å². The molecule has 0 aliphatic heterocycles. The lowest BCUT2D eigenvalue weighted by atomic mass is 9.34. The van der Waals surface area contributed by atoms with Gasteiger partial charge < -0.3 is 10.7 Å². The normalized spacial score (nSPS) is 28.7. The van der Waals surface area contributed by atoms with Gasteiger partial charge in [0.15, 0.2) is 0 Å². The summed E-state index contributed by atoms with van der Waals surface area (Å²) < 4.78 is 26.8. The molecule has 1 amide bonds. The molecule has 120 valence electrons. The van der Waals surface area contributed by atoms with Gasteiger partial charge in [-0.1, -0.05) is 0 Å². The third kappa shape index (κ3) is 2.61. The molecule has 0 spiro atoms. The zero-order chi connectivity index (χ0) is 16.7. The van der Waals surface area contributed by atoms with Crippen molar-refractivity contribution in [2.45, 2.75) is 38.1 Å². The van der Waals surface area contributed by atoms with E-state index in [0.717, 1.165) is 12.3 Å². The number of rotatable bonds is 6. The molecular weight excluding hydrogens is 300 g/mol. The molecule has 4 nitrogen and oxygen atoms in total. The molecule has 1 aromatic rings. The summed E-state index contributed by atoms with van der Waals surface area (Å²) in [6, 6.07) is 4.67. The number of carbonyl (C=O) groups excluding carboxylic acids is 1. The number of halogens is 2. The van der Waals surface area contributed by atoms with Crippen molar-refractivity contribution < 1.29 is 13.6 Å². The molecule has 0 heterocycles. The molecule has 6 heteroatoms. The van der Waals surface area contributed by atoms with Crippen LogP contribution in [0, 0.1) is 39.2 Å². The van der Waals surface area contributed by atoms with E-state index in [9.17, 15) is 13.6 Å². The van der Waals surface area contributed by atoms with Crippen molar-refractivity contribution in [3.05, 3.63) is 35.4 Å². The summed E-state index contributed by atoms with van der Waals surface area (Å²) in [5, 5.41) is 18.9. The monoisotopic (exact) mass is 317 g/mol. The highest BCUT2D eigenvalue weighted by Crippen LogP contribution is 2.74. The van der Waals surface area contributed by atoms with Gasteiger partial charge in [-0.05, 0) is 48.6 Å². The number of benzene rings is 1. The number of nitriles is 1. The van der Waals surface area contributed by atoms with Crippen molar-refractivity contribution in [2.75, 3.05) is 0 Å². The lowest BCUT2D eigenvalue weighted by molar-refractivity contribution is -0.205. The maximum atomic E-state index is 13.4. The van der Waals surface area contributed by atoms with Crippen LogP contribution in [0.4, 0.5) is 8.78 Å². The third-order valence-corrected chi connectivity index (χ3v) is 5.02. The first-order valence-electron chi connectivity index (χ1n) is 7.55. The van der Waals surface area contributed by atoms with Gasteiger partial charge in [-0.2, -0.15) is 5.26 Å². The van der Waals surface area contributed by atoms with E-state index in [1.54, 1.807) is 0 Å². The van der Waals surface area contributed by atoms with Crippen LogP contribution in [0.15, 0.2) is 18.2 Å². The number of carbonyl (C=O) groups is 1. The van der Waals surface area contributed by atoms with Crippen molar-refractivity contribution in [2.24, 2.45) is 10.8 Å². The molecule has 2 N–H and O–H groups in total. The minimum atomic E-state index is -0.706. The highest BCUT2D eigenvalue weighted by molar-refractivity contribution is 5.87. The highest BCUT2D eigenvalue weighted by atomic mass is 19.1. The molecule has 23 heavy (non-hydrogen) atoms. The van der Waals surface area contributed by atoms with Gasteiger partial charge in [0.25, 0.3) is 0 Å². The maximum Gasteiger partial charge on any atom is 0.226 e. The molecule has 0 aromatic heterocycles. The van der Waals surface area contributed by atoms with Crippen LogP contribution in [0.5, 0.6) is 0 Å².